The van der Waals surface area contributed by atoms with Crippen LogP contribution in [0.4, 0.5) is 0 Å². The SMILES string of the molecule is [2H]c1c([2H])[n+](C)c(-c2cc(C)cc(C)c2C)c2ccc(CC(C)(C)C)cc12. The lowest BCUT2D eigenvalue weighted by Gasteiger charge is -2.18. The van der Waals surface area contributed by atoms with Crippen molar-refractivity contribution in [3.8, 4) is 11.3 Å². The summed E-state index contributed by atoms with van der Waals surface area (Å²) in [5.74, 6) is 0. The van der Waals surface area contributed by atoms with E-state index in [1.165, 1.54) is 22.3 Å². The fourth-order valence-electron chi connectivity index (χ4n) is 3.62. The molecule has 1 heterocycles. The summed E-state index contributed by atoms with van der Waals surface area (Å²) in [7, 11) is 1.90. The predicted molar refractivity (Wildman–Crippen MR) is 108 cm³/mol. The zero-order valence-corrected chi connectivity index (χ0v) is 16.5. The maximum Gasteiger partial charge on any atom is 0.220 e. The Labute approximate surface area is 155 Å². The van der Waals surface area contributed by atoms with Gasteiger partial charge in [0.15, 0.2) is 6.17 Å². The van der Waals surface area contributed by atoms with Crippen molar-refractivity contribution in [3.05, 3.63) is 64.8 Å². The van der Waals surface area contributed by atoms with Crippen molar-refractivity contribution >= 4 is 10.8 Å². The van der Waals surface area contributed by atoms with E-state index in [0.717, 1.165) is 28.5 Å². The molecule has 0 saturated carbocycles. The van der Waals surface area contributed by atoms with Crippen molar-refractivity contribution in [2.24, 2.45) is 12.5 Å². The van der Waals surface area contributed by atoms with Gasteiger partial charge in [0.2, 0.25) is 5.69 Å². The maximum absolute atomic E-state index is 8.55. The third-order valence-electron chi connectivity index (χ3n) is 4.83. The van der Waals surface area contributed by atoms with Gasteiger partial charge in [0, 0.05) is 6.04 Å². The van der Waals surface area contributed by atoms with Gasteiger partial charge >= 0.3 is 0 Å². The van der Waals surface area contributed by atoms with Gasteiger partial charge < -0.3 is 0 Å². The highest BCUT2D eigenvalue weighted by molar-refractivity contribution is 5.94. The summed E-state index contributed by atoms with van der Waals surface area (Å²) in [6, 6.07) is 11.1. The number of pyridine rings is 1. The van der Waals surface area contributed by atoms with Crippen molar-refractivity contribution < 1.29 is 7.31 Å². The number of aromatic nitrogens is 1. The molecule has 1 aromatic heterocycles. The lowest BCUT2D eigenvalue weighted by atomic mass is 9.87. The Morgan fingerprint density at radius 1 is 1.04 bits per heavy atom. The molecule has 0 saturated heterocycles. The molecular formula is C24H30N+. The Hall–Kier alpha value is -2.15. The summed E-state index contributed by atoms with van der Waals surface area (Å²) in [5.41, 5.74) is 7.28. The van der Waals surface area contributed by atoms with Crippen molar-refractivity contribution in [2.45, 2.75) is 48.0 Å². The average molecular weight is 335 g/mol. The second-order valence-corrected chi connectivity index (χ2v) is 8.52. The van der Waals surface area contributed by atoms with Crippen molar-refractivity contribution in [1.29, 1.82) is 0 Å². The van der Waals surface area contributed by atoms with E-state index in [1.807, 2.05) is 11.6 Å². The molecular weight excluding hydrogens is 302 g/mol. The smallest absolute Gasteiger partial charge is 0.200 e. The van der Waals surface area contributed by atoms with Crippen molar-refractivity contribution in [3.63, 3.8) is 0 Å². The molecule has 0 bridgehead atoms. The molecule has 3 aromatic rings. The molecule has 3 rings (SSSR count). The van der Waals surface area contributed by atoms with Crippen LogP contribution in [0.3, 0.4) is 0 Å². The van der Waals surface area contributed by atoms with Gasteiger partial charge in [-0.05, 0) is 66.8 Å². The number of fused-ring (bicyclic) bond motifs is 1. The first-order chi connectivity index (χ1) is 12.5. The molecule has 25 heavy (non-hydrogen) atoms. The van der Waals surface area contributed by atoms with Gasteiger partial charge in [0.1, 0.15) is 8.42 Å². The molecule has 0 aliphatic heterocycles. The zero-order chi connectivity index (χ0) is 20.1. The number of rotatable bonds is 2. The highest BCUT2D eigenvalue weighted by Crippen LogP contribution is 2.31. The summed E-state index contributed by atoms with van der Waals surface area (Å²) >= 11 is 0. The van der Waals surface area contributed by atoms with E-state index in [-0.39, 0.29) is 11.6 Å². The standard InChI is InChI=1S/C24H30N/c1-16-12-17(2)18(3)22(13-16)23-21-9-8-19(15-24(4,5)6)14-20(21)10-11-25(23)7/h8-14H,15H2,1-7H3/q+1/i10D,11D. The van der Waals surface area contributed by atoms with E-state index in [4.69, 9.17) is 2.74 Å². The van der Waals surface area contributed by atoms with E-state index >= 15 is 0 Å². The Bertz CT molecular complexity index is 1040. The number of aryl methyl sites for hydroxylation is 2. The maximum atomic E-state index is 8.55. The molecule has 0 amide bonds. The number of nitrogens with zero attached hydrogens (tertiary/aromatic N) is 1. The van der Waals surface area contributed by atoms with E-state index in [9.17, 15) is 0 Å². The van der Waals surface area contributed by atoms with Gasteiger partial charge in [-0.2, -0.15) is 0 Å². The Morgan fingerprint density at radius 2 is 1.76 bits per heavy atom. The lowest BCUT2D eigenvalue weighted by molar-refractivity contribution is -0.659. The van der Waals surface area contributed by atoms with Gasteiger partial charge in [0.05, 0.1) is 12.3 Å². The quantitative estimate of drug-likeness (QED) is 0.518. The normalized spacial score (nSPS) is 13.1. The topological polar surface area (TPSA) is 3.88 Å². The van der Waals surface area contributed by atoms with Crippen molar-refractivity contribution in [1.82, 2.24) is 0 Å². The molecule has 0 N–H and O–H groups in total. The molecule has 130 valence electrons. The molecule has 0 atom stereocenters. The van der Waals surface area contributed by atoms with E-state index in [0.29, 0.717) is 6.04 Å². The van der Waals surface area contributed by atoms with E-state index in [2.05, 4.69) is 71.9 Å². The monoisotopic (exact) mass is 334 g/mol. The first kappa shape index (κ1) is 15.1. The van der Waals surface area contributed by atoms with Crippen LogP contribution in [0.15, 0.2) is 42.5 Å². The Balaban J connectivity index is 2.37. The lowest BCUT2D eigenvalue weighted by Crippen LogP contribution is -2.30. The van der Waals surface area contributed by atoms with Crippen LogP contribution >= 0.6 is 0 Å². The Morgan fingerprint density at radius 3 is 2.44 bits per heavy atom. The van der Waals surface area contributed by atoms with Crippen LogP contribution < -0.4 is 4.57 Å². The van der Waals surface area contributed by atoms with Gasteiger partial charge in [-0.25, -0.2) is 4.57 Å². The summed E-state index contributed by atoms with van der Waals surface area (Å²) in [5, 5.41) is 1.91. The van der Waals surface area contributed by atoms with Crippen LogP contribution in [0, 0.1) is 26.2 Å². The Kier molecular flexibility index (Phi) is 3.81. The molecule has 0 spiro atoms. The molecule has 0 unspecified atom stereocenters. The van der Waals surface area contributed by atoms with Crippen LogP contribution in [0.1, 0.15) is 45.8 Å². The first-order valence-corrected chi connectivity index (χ1v) is 8.99. The van der Waals surface area contributed by atoms with Crippen LogP contribution in [0.2, 0.25) is 0 Å². The molecule has 1 heteroatoms. The minimum atomic E-state index is 0.187. The van der Waals surface area contributed by atoms with Gasteiger partial charge in [0.25, 0.3) is 0 Å². The van der Waals surface area contributed by atoms with Gasteiger partial charge in [-0.3, -0.25) is 0 Å². The highest BCUT2D eigenvalue weighted by Gasteiger charge is 2.19. The van der Waals surface area contributed by atoms with Crippen LogP contribution in [0.25, 0.3) is 22.0 Å². The summed E-state index contributed by atoms with van der Waals surface area (Å²) in [4.78, 5) is 0. The molecule has 0 aliphatic carbocycles. The molecule has 0 radical (unpaired) electrons. The van der Waals surface area contributed by atoms with Gasteiger partial charge in [-0.15, -0.1) is 0 Å². The first-order valence-electron chi connectivity index (χ1n) is 9.99. The van der Waals surface area contributed by atoms with Crippen LogP contribution in [-0.4, -0.2) is 0 Å². The van der Waals surface area contributed by atoms with Gasteiger partial charge in [-0.1, -0.05) is 44.5 Å². The van der Waals surface area contributed by atoms with Crippen LogP contribution in [0.5, 0.6) is 0 Å². The zero-order valence-electron chi connectivity index (χ0n) is 18.5. The largest absolute Gasteiger partial charge is 0.220 e. The van der Waals surface area contributed by atoms with Crippen molar-refractivity contribution in [2.75, 3.05) is 0 Å². The molecule has 2 aromatic carbocycles. The van der Waals surface area contributed by atoms with E-state index < -0.39 is 0 Å². The number of hydrogen-bond donors (Lipinski definition) is 0. The second-order valence-electron chi connectivity index (χ2n) is 8.52. The fraction of sp³-hybridized carbons (Fsp3) is 0.375. The molecule has 1 nitrogen and oxygen atoms in total. The summed E-state index contributed by atoms with van der Waals surface area (Å²) < 4.78 is 18.9. The second kappa shape index (κ2) is 6.29. The third kappa shape index (κ3) is 3.61. The summed E-state index contributed by atoms with van der Waals surface area (Å²) in [6.45, 7) is 13.1. The molecule has 0 aliphatic rings. The van der Waals surface area contributed by atoms with E-state index in [1.54, 1.807) is 0 Å². The highest BCUT2D eigenvalue weighted by atomic mass is 14.9. The summed E-state index contributed by atoms with van der Waals surface area (Å²) in [6.07, 6.45) is 1.21. The minimum Gasteiger partial charge on any atom is -0.200 e. The fourth-order valence-corrected chi connectivity index (χ4v) is 3.62. The predicted octanol–water partition coefficient (Wildman–Crippen LogP) is 5.85. The number of hydrogen-bond acceptors (Lipinski definition) is 0. The number of benzene rings is 2. The minimum absolute atomic E-state index is 0.187. The molecule has 0 fully saturated rings. The average Bonchev–Trinajstić information content (AvgIpc) is 2.56. The third-order valence-corrected chi connectivity index (χ3v) is 4.83. The van der Waals surface area contributed by atoms with Crippen LogP contribution in [-0.2, 0) is 13.5 Å².